The van der Waals surface area contributed by atoms with E-state index in [0.717, 1.165) is 23.9 Å². The van der Waals surface area contributed by atoms with E-state index in [1.54, 1.807) is 0 Å². The van der Waals surface area contributed by atoms with E-state index in [-0.39, 0.29) is 0 Å². The summed E-state index contributed by atoms with van der Waals surface area (Å²) < 4.78 is 0. The van der Waals surface area contributed by atoms with Crippen LogP contribution in [-0.2, 0) is 0 Å². The molecule has 1 heterocycles. The lowest BCUT2D eigenvalue weighted by molar-refractivity contribution is 0.202. The maximum absolute atomic E-state index is 3.49. The molecule has 1 saturated carbocycles. The van der Waals surface area contributed by atoms with E-state index in [1.165, 1.54) is 38.8 Å². The average molecular weight is 210 g/mol. The minimum Gasteiger partial charge on any atom is -0.315 e. The van der Waals surface area contributed by atoms with Gasteiger partial charge >= 0.3 is 0 Å². The molecule has 0 aromatic heterocycles. The second-order valence-corrected chi connectivity index (χ2v) is 5.68. The minimum atomic E-state index is 0.760. The summed E-state index contributed by atoms with van der Waals surface area (Å²) in [4.78, 5) is 2.75. The lowest BCUT2D eigenvalue weighted by Gasteiger charge is -2.29. The van der Waals surface area contributed by atoms with Crippen LogP contribution in [0.3, 0.4) is 0 Å². The fraction of sp³-hybridized carbons (Fsp3) is 1.00. The van der Waals surface area contributed by atoms with Gasteiger partial charge in [-0.05, 0) is 44.7 Å². The molecule has 1 aliphatic heterocycles. The predicted molar refractivity (Wildman–Crippen MR) is 65.0 cm³/mol. The Balaban J connectivity index is 1.89. The number of likely N-dealkylation sites (tertiary alicyclic amines) is 1. The van der Waals surface area contributed by atoms with Gasteiger partial charge in [-0.2, -0.15) is 0 Å². The largest absolute Gasteiger partial charge is 0.315 e. The number of hydrogen-bond acceptors (Lipinski definition) is 2. The van der Waals surface area contributed by atoms with Crippen LogP contribution in [0.1, 0.15) is 39.5 Å². The van der Waals surface area contributed by atoms with Crippen LogP contribution in [0, 0.1) is 11.8 Å². The van der Waals surface area contributed by atoms with E-state index in [2.05, 4.69) is 31.1 Å². The van der Waals surface area contributed by atoms with E-state index in [9.17, 15) is 0 Å². The monoisotopic (exact) mass is 210 g/mol. The maximum atomic E-state index is 3.49. The molecule has 15 heavy (non-hydrogen) atoms. The summed E-state index contributed by atoms with van der Waals surface area (Å²) in [5.41, 5.74) is 0. The van der Waals surface area contributed by atoms with E-state index in [1.807, 2.05) is 0 Å². The van der Waals surface area contributed by atoms with Crippen LogP contribution in [0.25, 0.3) is 0 Å². The molecule has 0 aromatic carbocycles. The van der Waals surface area contributed by atoms with Crippen LogP contribution < -0.4 is 5.32 Å². The molecule has 2 heteroatoms. The Morgan fingerprint density at radius 3 is 2.60 bits per heavy atom. The minimum absolute atomic E-state index is 0.760. The molecule has 0 bridgehead atoms. The second-order valence-electron chi connectivity index (χ2n) is 5.68. The summed E-state index contributed by atoms with van der Waals surface area (Å²) in [6.45, 7) is 7.43. The van der Waals surface area contributed by atoms with E-state index in [0.29, 0.717) is 0 Å². The average Bonchev–Trinajstić information content (AvgIpc) is 2.85. The highest BCUT2D eigenvalue weighted by Crippen LogP contribution is 2.31. The molecule has 0 amide bonds. The highest BCUT2D eigenvalue weighted by Gasteiger charge is 2.35. The smallest absolute Gasteiger partial charge is 0.0249 e. The van der Waals surface area contributed by atoms with Crippen molar-refractivity contribution >= 4 is 0 Å². The first-order chi connectivity index (χ1) is 7.22. The van der Waals surface area contributed by atoms with E-state index < -0.39 is 0 Å². The lowest BCUT2D eigenvalue weighted by atomic mass is 9.95. The third-order valence-electron chi connectivity index (χ3n) is 4.52. The number of likely N-dealkylation sites (N-methyl/N-ethyl adjacent to an activating group) is 1. The van der Waals surface area contributed by atoms with Crippen LogP contribution >= 0.6 is 0 Å². The third-order valence-corrected chi connectivity index (χ3v) is 4.52. The lowest BCUT2D eigenvalue weighted by Crippen LogP contribution is -2.44. The van der Waals surface area contributed by atoms with Gasteiger partial charge in [-0.1, -0.05) is 20.3 Å². The summed E-state index contributed by atoms with van der Waals surface area (Å²) in [5.74, 6) is 1.81. The summed E-state index contributed by atoms with van der Waals surface area (Å²) >= 11 is 0. The van der Waals surface area contributed by atoms with E-state index >= 15 is 0 Å². The molecular formula is C13H26N2. The topological polar surface area (TPSA) is 15.3 Å². The number of nitrogens with one attached hydrogen (secondary N) is 1. The van der Waals surface area contributed by atoms with Gasteiger partial charge in [-0.15, -0.1) is 0 Å². The van der Waals surface area contributed by atoms with E-state index in [4.69, 9.17) is 0 Å². The Hall–Kier alpha value is -0.0800. The van der Waals surface area contributed by atoms with Crippen LogP contribution in [0.2, 0.25) is 0 Å². The fourth-order valence-electron chi connectivity index (χ4n) is 3.38. The molecule has 1 N–H and O–H groups in total. The van der Waals surface area contributed by atoms with Gasteiger partial charge in [0, 0.05) is 18.6 Å². The molecule has 0 radical (unpaired) electrons. The molecule has 88 valence electrons. The van der Waals surface area contributed by atoms with Crippen molar-refractivity contribution in [2.24, 2.45) is 11.8 Å². The van der Waals surface area contributed by atoms with Crippen LogP contribution in [0.4, 0.5) is 0 Å². The molecule has 0 aromatic rings. The van der Waals surface area contributed by atoms with Gasteiger partial charge < -0.3 is 5.32 Å². The first-order valence-corrected chi connectivity index (χ1v) is 6.63. The van der Waals surface area contributed by atoms with Crippen LogP contribution in [0.15, 0.2) is 0 Å². The molecule has 3 atom stereocenters. The maximum Gasteiger partial charge on any atom is 0.0249 e. The Morgan fingerprint density at radius 2 is 2.00 bits per heavy atom. The zero-order valence-electron chi connectivity index (χ0n) is 10.5. The zero-order valence-corrected chi connectivity index (χ0v) is 10.5. The Labute approximate surface area is 94.4 Å². The predicted octanol–water partition coefficient (Wildman–Crippen LogP) is 2.10. The van der Waals surface area contributed by atoms with Crippen molar-refractivity contribution in [2.75, 3.05) is 20.1 Å². The molecule has 1 saturated heterocycles. The van der Waals surface area contributed by atoms with Crippen molar-refractivity contribution < 1.29 is 0 Å². The van der Waals surface area contributed by atoms with Crippen molar-refractivity contribution in [1.29, 1.82) is 0 Å². The fourth-order valence-corrected chi connectivity index (χ4v) is 3.38. The van der Waals surface area contributed by atoms with Gasteiger partial charge in [0.2, 0.25) is 0 Å². The highest BCUT2D eigenvalue weighted by molar-refractivity contribution is 4.93. The highest BCUT2D eigenvalue weighted by atomic mass is 15.2. The van der Waals surface area contributed by atoms with Crippen LogP contribution in [-0.4, -0.2) is 37.1 Å². The van der Waals surface area contributed by atoms with Crippen molar-refractivity contribution in [3.05, 3.63) is 0 Å². The molecule has 2 aliphatic rings. The van der Waals surface area contributed by atoms with Gasteiger partial charge in [-0.25, -0.2) is 0 Å². The van der Waals surface area contributed by atoms with Crippen molar-refractivity contribution in [2.45, 2.75) is 51.6 Å². The summed E-state index contributed by atoms with van der Waals surface area (Å²) in [5, 5.41) is 3.49. The normalized spacial score (nSPS) is 38.0. The summed E-state index contributed by atoms with van der Waals surface area (Å²) in [6.07, 6.45) is 5.63. The van der Waals surface area contributed by atoms with Crippen molar-refractivity contribution in [3.8, 4) is 0 Å². The molecule has 3 unspecified atom stereocenters. The Bertz CT molecular complexity index is 203. The quantitative estimate of drug-likeness (QED) is 0.767. The van der Waals surface area contributed by atoms with Crippen molar-refractivity contribution in [3.63, 3.8) is 0 Å². The van der Waals surface area contributed by atoms with Gasteiger partial charge in [-0.3, -0.25) is 4.90 Å². The van der Waals surface area contributed by atoms with Gasteiger partial charge in [0.05, 0.1) is 0 Å². The third kappa shape index (κ3) is 2.36. The molecule has 0 spiro atoms. The number of rotatable bonds is 3. The molecule has 2 fully saturated rings. The molecule has 2 nitrogen and oxygen atoms in total. The molecule has 1 aliphatic carbocycles. The van der Waals surface area contributed by atoms with Gasteiger partial charge in [0.1, 0.15) is 0 Å². The zero-order chi connectivity index (χ0) is 10.8. The number of hydrogen-bond donors (Lipinski definition) is 1. The molecular weight excluding hydrogens is 184 g/mol. The Morgan fingerprint density at radius 1 is 1.20 bits per heavy atom. The van der Waals surface area contributed by atoms with Crippen molar-refractivity contribution in [1.82, 2.24) is 10.2 Å². The summed E-state index contributed by atoms with van der Waals surface area (Å²) in [7, 11) is 2.12. The summed E-state index contributed by atoms with van der Waals surface area (Å²) in [6, 6.07) is 1.59. The Kier molecular flexibility index (Phi) is 3.68. The first-order valence-electron chi connectivity index (χ1n) is 6.63. The van der Waals surface area contributed by atoms with Gasteiger partial charge in [0.25, 0.3) is 0 Å². The number of nitrogens with zero attached hydrogens (tertiary/aromatic N) is 1. The second kappa shape index (κ2) is 4.84. The first kappa shape index (κ1) is 11.4. The van der Waals surface area contributed by atoms with Gasteiger partial charge in [0.15, 0.2) is 0 Å². The molecule has 2 rings (SSSR count). The SMILES string of the molecule is CNC1CCCC1N1CCC(C(C)C)C1. The standard InChI is InChI=1S/C13H26N2/c1-10(2)11-7-8-15(9-11)13-6-4-5-12(13)14-3/h10-14H,4-9H2,1-3H3. The van der Waals surface area contributed by atoms with Crippen LogP contribution in [0.5, 0.6) is 0 Å².